The van der Waals surface area contributed by atoms with Gasteiger partial charge in [0.15, 0.2) is 6.29 Å². The quantitative estimate of drug-likeness (QED) is 0.837. The second-order valence-corrected chi connectivity index (χ2v) is 6.49. The summed E-state index contributed by atoms with van der Waals surface area (Å²) >= 11 is 1.91. The number of fused-ring (bicyclic) bond motifs is 3. The van der Waals surface area contributed by atoms with E-state index in [-0.39, 0.29) is 18.5 Å². The maximum atomic E-state index is 10.2. The molecule has 0 aromatic heterocycles. The van der Waals surface area contributed by atoms with Crippen LogP contribution in [-0.2, 0) is 9.47 Å². The molecule has 1 N–H and O–H groups in total. The first kappa shape index (κ1) is 12.2. The van der Waals surface area contributed by atoms with Crippen LogP contribution in [-0.4, -0.2) is 52.5 Å². The summed E-state index contributed by atoms with van der Waals surface area (Å²) in [5, 5.41) is 10.6. The molecule has 19 heavy (non-hydrogen) atoms. The molecule has 0 amide bonds. The van der Waals surface area contributed by atoms with Crippen molar-refractivity contribution in [2.24, 2.45) is 0 Å². The summed E-state index contributed by atoms with van der Waals surface area (Å²) in [6.07, 6.45) is -1.01. The second-order valence-electron chi connectivity index (χ2n) is 5.27. The standard InChI is InChI=1S/C14H17NO3S/c16-10-8-15-6-7-19-13(15)12-11(10)17-14(18-12)9-4-2-1-3-5-9/h1-5,10-14,16H,6-8H2/t10-,11-,12-,13+,14-/m1/s1. The monoisotopic (exact) mass is 279 g/mol. The Hall–Kier alpha value is -0.590. The molecule has 3 heterocycles. The average molecular weight is 279 g/mol. The molecule has 3 aliphatic heterocycles. The van der Waals surface area contributed by atoms with Crippen LogP contribution in [0.2, 0.25) is 0 Å². The van der Waals surface area contributed by atoms with Crippen LogP contribution in [0.5, 0.6) is 0 Å². The maximum absolute atomic E-state index is 10.2. The third-order valence-corrected chi connectivity index (χ3v) is 5.39. The third kappa shape index (κ3) is 2.00. The zero-order chi connectivity index (χ0) is 12.8. The van der Waals surface area contributed by atoms with Gasteiger partial charge in [-0.25, -0.2) is 0 Å². The van der Waals surface area contributed by atoms with E-state index in [1.807, 2.05) is 42.1 Å². The highest BCUT2D eigenvalue weighted by Crippen LogP contribution is 2.43. The molecule has 0 bridgehead atoms. The number of hydrogen-bond acceptors (Lipinski definition) is 5. The molecule has 0 saturated carbocycles. The summed E-state index contributed by atoms with van der Waals surface area (Å²) in [5.41, 5.74) is 1.03. The Morgan fingerprint density at radius 2 is 1.95 bits per heavy atom. The van der Waals surface area contributed by atoms with Crippen LogP contribution in [0.1, 0.15) is 11.9 Å². The largest absolute Gasteiger partial charge is 0.389 e. The molecular weight excluding hydrogens is 262 g/mol. The lowest BCUT2D eigenvalue weighted by Crippen LogP contribution is -2.56. The minimum atomic E-state index is -0.450. The lowest BCUT2D eigenvalue weighted by atomic mass is 10.0. The van der Waals surface area contributed by atoms with Crippen LogP contribution < -0.4 is 0 Å². The van der Waals surface area contributed by atoms with E-state index in [1.165, 1.54) is 0 Å². The van der Waals surface area contributed by atoms with Crippen molar-refractivity contribution < 1.29 is 14.6 Å². The summed E-state index contributed by atoms with van der Waals surface area (Å²) in [5.74, 6) is 1.11. The van der Waals surface area contributed by atoms with Gasteiger partial charge in [-0.3, -0.25) is 4.90 Å². The topological polar surface area (TPSA) is 41.9 Å². The number of hydrogen-bond donors (Lipinski definition) is 1. The summed E-state index contributed by atoms with van der Waals surface area (Å²) < 4.78 is 12.1. The summed E-state index contributed by atoms with van der Waals surface area (Å²) in [4.78, 5) is 2.31. The highest BCUT2D eigenvalue weighted by Gasteiger charge is 2.52. The number of nitrogens with zero attached hydrogens (tertiary/aromatic N) is 1. The average Bonchev–Trinajstić information content (AvgIpc) is 3.05. The zero-order valence-electron chi connectivity index (χ0n) is 10.5. The Morgan fingerprint density at radius 3 is 2.79 bits per heavy atom. The molecule has 102 valence electrons. The van der Waals surface area contributed by atoms with E-state index in [0.29, 0.717) is 11.9 Å². The van der Waals surface area contributed by atoms with E-state index in [0.717, 1.165) is 17.9 Å². The summed E-state index contributed by atoms with van der Waals surface area (Å²) in [6.45, 7) is 1.73. The van der Waals surface area contributed by atoms with Gasteiger partial charge in [0, 0.05) is 24.4 Å². The Kier molecular flexibility index (Phi) is 3.04. The zero-order valence-corrected chi connectivity index (χ0v) is 11.3. The van der Waals surface area contributed by atoms with Gasteiger partial charge in [-0.2, -0.15) is 0 Å². The number of ether oxygens (including phenoxy) is 2. The third-order valence-electron chi connectivity index (χ3n) is 4.07. The number of benzene rings is 1. The van der Waals surface area contributed by atoms with Crippen molar-refractivity contribution in [3.8, 4) is 0 Å². The first-order valence-corrected chi connectivity index (χ1v) is 7.77. The summed E-state index contributed by atoms with van der Waals surface area (Å²) in [7, 11) is 0. The fourth-order valence-electron chi connectivity index (χ4n) is 3.14. The van der Waals surface area contributed by atoms with Gasteiger partial charge in [0.25, 0.3) is 0 Å². The first-order chi connectivity index (χ1) is 9.33. The molecule has 0 radical (unpaired) electrons. The predicted molar refractivity (Wildman–Crippen MR) is 72.8 cm³/mol. The molecule has 0 aliphatic carbocycles. The Balaban J connectivity index is 1.59. The number of aliphatic hydroxyl groups is 1. The molecule has 0 spiro atoms. The van der Waals surface area contributed by atoms with Crippen molar-refractivity contribution in [1.29, 1.82) is 0 Å². The first-order valence-electron chi connectivity index (χ1n) is 6.72. The number of aliphatic hydroxyl groups excluding tert-OH is 1. The number of piperidine rings is 1. The molecule has 3 aliphatic rings. The van der Waals surface area contributed by atoms with Crippen LogP contribution in [0, 0.1) is 0 Å². The van der Waals surface area contributed by atoms with E-state index >= 15 is 0 Å². The van der Waals surface area contributed by atoms with E-state index in [4.69, 9.17) is 9.47 Å². The van der Waals surface area contributed by atoms with E-state index in [1.54, 1.807) is 0 Å². The van der Waals surface area contributed by atoms with Crippen molar-refractivity contribution in [2.45, 2.75) is 30.0 Å². The van der Waals surface area contributed by atoms with Crippen LogP contribution in [0.15, 0.2) is 30.3 Å². The molecule has 4 rings (SSSR count). The van der Waals surface area contributed by atoms with Crippen molar-refractivity contribution in [3.63, 3.8) is 0 Å². The lowest BCUT2D eigenvalue weighted by Gasteiger charge is -2.38. The molecule has 3 saturated heterocycles. The van der Waals surface area contributed by atoms with Crippen LogP contribution in [0.4, 0.5) is 0 Å². The van der Waals surface area contributed by atoms with Gasteiger partial charge in [-0.1, -0.05) is 30.3 Å². The van der Waals surface area contributed by atoms with Gasteiger partial charge in [0.2, 0.25) is 0 Å². The van der Waals surface area contributed by atoms with Crippen LogP contribution in [0.25, 0.3) is 0 Å². The van der Waals surface area contributed by atoms with Crippen LogP contribution >= 0.6 is 11.8 Å². The molecule has 5 heteroatoms. The molecule has 4 nitrogen and oxygen atoms in total. The second kappa shape index (κ2) is 4.75. The number of rotatable bonds is 1. The van der Waals surface area contributed by atoms with Gasteiger partial charge in [0.1, 0.15) is 12.2 Å². The van der Waals surface area contributed by atoms with Crippen LogP contribution in [0.3, 0.4) is 0 Å². The molecule has 0 unspecified atom stereocenters. The Bertz CT molecular complexity index is 457. The van der Waals surface area contributed by atoms with Gasteiger partial charge in [-0.15, -0.1) is 11.8 Å². The molecule has 1 aromatic rings. The molecular formula is C14H17NO3S. The van der Waals surface area contributed by atoms with E-state index in [2.05, 4.69) is 4.90 Å². The minimum Gasteiger partial charge on any atom is -0.389 e. The smallest absolute Gasteiger partial charge is 0.184 e. The van der Waals surface area contributed by atoms with Crippen molar-refractivity contribution in [3.05, 3.63) is 35.9 Å². The SMILES string of the molecule is O[C@@H]1CN2CCS[C@H]2[C@@H]2O[C@H](c3ccccc3)O[C@@H]21. The molecule has 1 aromatic carbocycles. The van der Waals surface area contributed by atoms with Crippen molar-refractivity contribution >= 4 is 11.8 Å². The normalized spacial score (nSPS) is 42.1. The van der Waals surface area contributed by atoms with Gasteiger partial charge in [0.05, 0.1) is 11.5 Å². The van der Waals surface area contributed by atoms with Crippen molar-refractivity contribution in [1.82, 2.24) is 4.90 Å². The summed E-state index contributed by atoms with van der Waals surface area (Å²) in [6, 6.07) is 9.96. The van der Waals surface area contributed by atoms with Gasteiger partial charge >= 0.3 is 0 Å². The van der Waals surface area contributed by atoms with Crippen molar-refractivity contribution in [2.75, 3.05) is 18.8 Å². The predicted octanol–water partition coefficient (Wildman–Crippen LogP) is 1.22. The van der Waals surface area contributed by atoms with Gasteiger partial charge < -0.3 is 14.6 Å². The fraction of sp³-hybridized carbons (Fsp3) is 0.571. The van der Waals surface area contributed by atoms with E-state index < -0.39 is 6.10 Å². The molecule has 3 fully saturated rings. The minimum absolute atomic E-state index is 0.0264. The number of thioether (sulfide) groups is 1. The highest BCUT2D eigenvalue weighted by molar-refractivity contribution is 8.00. The highest BCUT2D eigenvalue weighted by atomic mass is 32.2. The Morgan fingerprint density at radius 1 is 1.16 bits per heavy atom. The van der Waals surface area contributed by atoms with Gasteiger partial charge in [-0.05, 0) is 0 Å². The Labute approximate surface area is 116 Å². The lowest BCUT2D eigenvalue weighted by molar-refractivity contribution is -0.0843. The fourth-order valence-corrected chi connectivity index (χ4v) is 4.54. The van der Waals surface area contributed by atoms with E-state index in [9.17, 15) is 5.11 Å². The molecule has 5 atom stereocenters. The maximum Gasteiger partial charge on any atom is 0.184 e.